The van der Waals surface area contributed by atoms with Crippen molar-refractivity contribution in [3.05, 3.63) is 29.8 Å². The summed E-state index contributed by atoms with van der Waals surface area (Å²) in [7, 11) is 3.76. The zero-order valence-corrected chi connectivity index (χ0v) is 11.4. The van der Waals surface area contributed by atoms with Gasteiger partial charge in [0.2, 0.25) is 0 Å². The van der Waals surface area contributed by atoms with Crippen molar-refractivity contribution < 1.29 is 14.6 Å². The highest BCUT2D eigenvalue weighted by molar-refractivity contribution is 5.68. The molecule has 100 valence electrons. The van der Waals surface area contributed by atoms with Crippen LogP contribution in [-0.2, 0) is 4.79 Å². The topological polar surface area (TPSA) is 49.8 Å². The van der Waals surface area contributed by atoms with Gasteiger partial charge >= 0.3 is 5.97 Å². The van der Waals surface area contributed by atoms with E-state index in [4.69, 9.17) is 9.84 Å². The molecule has 1 aromatic rings. The van der Waals surface area contributed by atoms with Crippen molar-refractivity contribution in [2.24, 2.45) is 0 Å². The molecule has 4 heteroatoms. The number of carboxylic acids is 1. The summed E-state index contributed by atoms with van der Waals surface area (Å²) in [6.45, 7) is 3.95. The molecule has 0 fully saturated rings. The molecule has 0 amide bonds. The summed E-state index contributed by atoms with van der Waals surface area (Å²) in [6.07, 6.45) is 0.233. The van der Waals surface area contributed by atoms with E-state index in [0.717, 1.165) is 11.3 Å². The van der Waals surface area contributed by atoms with E-state index in [0.29, 0.717) is 0 Å². The van der Waals surface area contributed by atoms with Crippen LogP contribution in [0.5, 0.6) is 5.75 Å². The highest BCUT2D eigenvalue weighted by Crippen LogP contribution is 2.24. The molecule has 0 aliphatic heterocycles. The third-order valence-electron chi connectivity index (χ3n) is 2.63. The molecule has 0 spiro atoms. The minimum atomic E-state index is -0.795. The minimum absolute atomic E-state index is 0.0946. The second-order valence-corrected chi connectivity index (χ2v) is 4.81. The van der Waals surface area contributed by atoms with Crippen LogP contribution in [0.4, 0.5) is 0 Å². The lowest BCUT2D eigenvalue weighted by Gasteiger charge is -2.23. The molecule has 4 nitrogen and oxygen atoms in total. The highest BCUT2D eigenvalue weighted by atomic mass is 16.5. The lowest BCUT2D eigenvalue weighted by Crippen LogP contribution is -2.22. The van der Waals surface area contributed by atoms with Gasteiger partial charge in [-0.25, -0.2) is 0 Å². The molecule has 18 heavy (non-hydrogen) atoms. The monoisotopic (exact) mass is 251 g/mol. The highest BCUT2D eigenvalue weighted by Gasteiger charge is 2.17. The Labute approximate surface area is 108 Å². The van der Waals surface area contributed by atoms with Crippen molar-refractivity contribution in [3.63, 3.8) is 0 Å². The van der Waals surface area contributed by atoms with E-state index in [1.165, 1.54) is 0 Å². The number of hydrogen-bond acceptors (Lipinski definition) is 3. The Balaban J connectivity index is 2.83. The van der Waals surface area contributed by atoms with Crippen LogP contribution in [0.2, 0.25) is 0 Å². The van der Waals surface area contributed by atoms with Crippen molar-refractivity contribution in [2.45, 2.75) is 32.4 Å². The number of rotatable bonds is 6. The Morgan fingerprint density at radius 2 is 1.83 bits per heavy atom. The number of hydrogen-bond donors (Lipinski definition) is 1. The predicted octanol–water partition coefficient (Wildman–Crippen LogP) is 2.55. The Morgan fingerprint density at radius 3 is 2.22 bits per heavy atom. The fraction of sp³-hybridized carbons (Fsp3) is 0.500. The SMILES string of the molecule is CC(C)Oc1ccc(C(CC(=O)O)N(C)C)cc1. The summed E-state index contributed by atoms with van der Waals surface area (Å²) in [6, 6.07) is 7.49. The first kappa shape index (κ1) is 14.5. The van der Waals surface area contributed by atoms with Crippen LogP contribution in [0.1, 0.15) is 31.9 Å². The van der Waals surface area contributed by atoms with Crippen LogP contribution in [0.3, 0.4) is 0 Å². The van der Waals surface area contributed by atoms with Crippen molar-refractivity contribution >= 4 is 5.97 Å². The number of nitrogens with zero attached hydrogens (tertiary/aromatic N) is 1. The molecule has 0 radical (unpaired) electrons. The van der Waals surface area contributed by atoms with E-state index in [2.05, 4.69) is 0 Å². The van der Waals surface area contributed by atoms with Crippen LogP contribution in [0.15, 0.2) is 24.3 Å². The number of carbonyl (C=O) groups is 1. The van der Waals surface area contributed by atoms with E-state index in [1.54, 1.807) is 0 Å². The molecule has 0 aromatic heterocycles. The van der Waals surface area contributed by atoms with E-state index >= 15 is 0 Å². The smallest absolute Gasteiger partial charge is 0.305 e. The maximum atomic E-state index is 10.8. The normalized spacial score (nSPS) is 12.8. The summed E-state index contributed by atoms with van der Waals surface area (Å²) in [5.41, 5.74) is 0.985. The molecule has 0 saturated heterocycles. The fourth-order valence-electron chi connectivity index (χ4n) is 1.80. The molecule has 0 bridgehead atoms. The maximum absolute atomic E-state index is 10.8. The molecule has 0 aliphatic carbocycles. The van der Waals surface area contributed by atoms with E-state index in [1.807, 2.05) is 57.1 Å². The van der Waals surface area contributed by atoms with Gasteiger partial charge in [-0.1, -0.05) is 12.1 Å². The number of ether oxygens (including phenoxy) is 1. The molecule has 0 heterocycles. The first-order valence-corrected chi connectivity index (χ1v) is 6.05. The van der Waals surface area contributed by atoms with Gasteiger partial charge in [0.05, 0.1) is 12.5 Å². The van der Waals surface area contributed by atoms with E-state index < -0.39 is 5.97 Å². The maximum Gasteiger partial charge on any atom is 0.305 e. The van der Waals surface area contributed by atoms with Crippen LogP contribution in [-0.4, -0.2) is 36.2 Å². The van der Waals surface area contributed by atoms with E-state index in [-0.39, 0.29) is 18.6 Å². The summed E-state index contributed by atoms with van der Waals surface area (Å²) >= 11 is 0. The first-order valence-electron chi connectivity index (χ1n) is 6.05. The number of aliphatic carboxylic acids is 1. The van der Waals surface area contributed by atoms with Gasteiger partial charge < -0.3 is 14.7 Å². The number of carboxylic acid groups (broad SMARTS) is 1. The quantitative estimate of drug-likeness (QED) is 0.844. The average molecular weight is 251 g/mol. The molecular weight excluding hydrogens is 230 g/mol. The van der Waals surface area contributed by atoms with Crippen LogP contribution >= 0.6 is 0 Å². The molecule has 0 saturated carbocycles. The molecule has 1 rings (SSSR count). The summed E-state index contributed by atoms with van der Waals surface area (Å²) in [5.74, 6) is 0.0118. The second kappa shape index (κ2) is 6.40. The Bertz CT molecular complexity index is 385. The van der Waals surface area contributed by atoms with Gasteiger partial charge in [-0.05, 0) is 45.6 Å². The average Bonchev–Trinajstić information content (AvgIpc) is 2.26. The third kappa shape index (κ3) is 4.37. The molecule has 1 unspecified atom stereocenters. The Morgan fingerprint density at radius 1 is 1.28 bits per heavy atom. The summed E-state index contributed by atoms with van der Waals surface area (Å²) in [4.78, 5) is 12.8. The van der Waals surface area contributed by atoms with Crippen LogP contribution in [0.25, 0.3) is 0 Å². The first-order chi connectivity index (χ1) is 8.40. The van der Waals surface area contributed by atoms with Gasteiger partial charge in [-0.2, -0.15) is 0 Å². The largest absolute Gasteiger partial charge is 0.491 e. The van der Waals surface area contributed by atoms with Gasteiger partial charge in [0.25, 0.3) is 0 Å². The second-order valence-electron chi connectivity index (χ2n) is 4.81. The fourth-order valence-corrected chi connectivity index (χ4v) is 1.80. The van der Waals surface area contributed by atoms with Gasteiger partial charge in [0, 0.05) is 6.04 Å². The lowest BCUT2D eigenvalue weighted by molar-refractivity contribution is -0.138. The minimum Gasteiger partial charge on any atom is -0.491 e. The Hall–Kier alpha value is -1.55. The number of benzene rings is 1. The van der Waals surface area contributed by atoms with Gasteiger partial charge in [-0.15, -0.1) is 0 Å². The summed E-state index contributed by atoms with van der Waals surface area (Å²) < 4.78 is 5.56. The standard InChI is InChI=1S/C14H21NO3/c1-10(2)18-12-7-5-11(6-8-12)13(15(3)4)9-14(16)17/h5-8,10,13H,9H2,1-4H3,(H,16,17). The zero-order valence-electron chi connectivity index (χ0n) is 11.4. The third-order valence-corrected chi connectivity index (χ3v) is 2.63. The van der Waals surface area contributed by atoms with Crippen LogP contribution < -0.4 is 4.74 Å². The van der Waals surface area contributed by atoms with Crippen molar-refractivity contribution in [1.29, 1.82) is 0 Å². The van der Waals surface area contributed by atoms with E-state index in [9.17, 15) is 4.79 Å². The molecule has 1 N–H and O–H groups in total. The summed E-state index contributed by atoms with van der Waals surface area (Å²) in [5, 5.41) is 8.92. The van der Waals surface area contributed by atoms with Gasteiger partial charge in [-0.3, -0.25) is 4.79 Å². The van der Waals surface area contributed by atoms with Crippen molar-refractivity contribution in [1.82, 2.24) is 4.90 Å². The molecule has 1 atom stereocenters. The van der Waals surface area contributed by atoms with Gasteiger partial charge in [0.1, 0.15) is 5.75 Å². The van der Waals surface area contributed by atoms with Crippen molar-refractivity contribution in [3.8, 4) is 5.75 Å². The molecule has 0 aliphatic rings. The Kier molecular flexibility index (Phi) is 5.16. The zero-order chi connectivity index (χ0) is 13.7. The molecular formula is C14H21NO3. The lowest BCUT2D eigenvalue weighted by atomic mass is 10.0. The molecule has 1 aromatic carbocycles. The van der Waals surface area contributed by atoms with Crippen molar-refractivity contribution in [2.75, 3.05) is 14.1 Å². The van der Waals surface area contributed by atoms with Gasteiger partial charge in [0.15, 0.2) is 0 Å². The predicted molar refractivity (Wildman–Crippen MR) is 70.9 cm³/mol. The van der Waals surface area contributed by atoms with Crippen LogP contribution in [0, 0.1) is 0 Å².